The Morgan fingerprint density at radius 3 is 2.25 bits per heavy atom. The predicted molar refractivity (Wildman–Crippen MR) is 33.3 cm³/mol. The summed E-state index contributed by atoms with van der Waals surface area (Å²) in [4.78, 5) is 4.59. The number of nitrogens with one attached hydrogen (secondary N) is 1. The molecule has 0 saturated heterocycles. The van der Waals surface area contributed by atoms with Gasteiger partial charge in [-0.25, -0.2) is 5.48 Å². The van der Waals surface area contributed by atoms with E-state index in [1.807, 2.05) is 13.8 Å². The van der Waals surface area contributed by atoms with Crippen LogP contribution in [0.2, 0.25) is 0 Å². The van der Waals surface area contributed by atoms with Gasteiger partial charge in [-0.05, 0) is 13.8 Å². The van der Waals surface area contributed by atoms with Crippen molar-refractivity contribution < 1.29 is 4.84 Å². The van der Waals surface area contributed by atoms with E-state index in [0.717, 1.165) is 0 Å². The molecule has 0 aliphatic rings. The normalized spacial score (nSPS) is 12.0. The van der Waals surface area contributed by atoms with Gasteiger partial charge in [0.05, 0.1) is 7.11 Å². The Balaban J connectivity index is 3.11. The molecule has 3 heteroatoms. The minimum absolute atomic E-state index is 0.185. The van der Waals surface area contributed by atoms with Crippen LogP contribution in [0.1, 0.15) is 13.8 Å². The summed E-state index contributed by atoms with van der Waals surface area (Å²) in [6.07, 6.45) is 0. The van der Waals surface area contributed by atoms with E-state index >= 15 is 0 Å². The van der Waals surface area contributed by atoms with Crippen molar-refractivity contribution >= 4 is 0 Å². The third-order valence-electron chi connectivity index (χ3n) is 0.672. The van der Waals surface area contributed by atoms with Crippen molar-refractivity contribution in [3.8, 4) is 0 Å². The molecule has 0 fully saturated rings. The number of rotatable bonds is 3. The molecule has 0 atom stereocenters. The summed E-state index contributed by atoms with van der Waals surface area (Å²) in [5.41, 5.74) is 8.06. The second kappa shape index (κ2) is 3.02. The highest BCUT2D eigenvalue weighted by Crippen LogP contribution is 1.91. The lowest BCUT2D eigenvalue weighted by Gasteiger charge is -2.17. The smallest absolute Gasteiger partial charge is 0.0572 e. The van der Waals surface area contributed by atoms with Gasteiger partial charge in [0.15, 0.2) is 0 Å². The molecule has 0 aliphatic heterocycles. The Morgan fingerprint density at radius 1 is 1.62 bits per heavy atom. The molecule has 0 aromatic rings. The van der Waals surface area contributed by atoms with Gasteiger partial charge >= 0.3 is 0 Å². The molecular weight excluding hydrogens is 104 g/mol. The minimum atomic E-state index is -0.185. The maximum Gasteiger partial charge on any atom is 0.0572 e. The van der Waals surface area contributed by atoms with Gasteiger partial charge in [-0.15, -0.1) is 0 Å². The van der Waals surface area contributed by atoms with E-state index in [0.29, 0.717) is 6.54 Å². The predicted octanol–water partition coefficient (Wildman–Crippen LogP) is -0.125. The molecule has 8 heavy (non-hydrogen) atoms. The van der Waals surface area contributed by atoms with Crippen molar-refractivity contribution in [1.82, 2.24) is 5.48 Å². The van der Waals surface area contributed by atoms with E-state index in [4.69, 9.17) is 5.73 Å². The van der Waals surface area contributed by atoms with Crippen LogP contribution in [0, 0.1) is 0 Å². The molecule has 0 bridgehead atoms. The van der Waals surface area contributed by atoms with Crippen LogP contribution >= 0.6 is 0 Å². The van der Waals surface area contributed by atoms with Gasteiger partial charge in [-0.1, -0.05) is 0 Å². The number of hydroxylamine groups is 1. The Hall–Kier alpha value is -0.120. The molecule has 0 rings (SSSR count). The summed E-state index contributed by atoms with van der Waals surface area (Å²) in [6.45, 7) is 4.53. The highest BCUT2D eigenvalue weighted by Gasteiger charge is 2.07. The van der Waals surface area contributed by atoms with Crippen LogP contribution in [-0.4, -0.2) is 19.2 Å². The average molecular weight is 118 g/mol. The molecule has 0 aromatic heterocycles. The zero-order valence-electron chi connectivity index (χ0n) is 5.69. The second-order valence-corrected chi connectivity index (χ2v) is 2.51. The monoisotopic (exact) mass is 118 g/mol. The van der Waals surface area contributed by atoms with Crippen molar-refractivity contribution in [3.05, 3.63) is 0 Å². The molecule has 3 nitrogen and oxygen atoms in total. The highest BCUT2D eigenvalue weighted by molar-refractivity contribution is 4.71. The molecule has 50 valence electrons. The van der Waals surface area contributed by atoms with Crippen molar-refractivity contribution in [2.45, 2.75) is 19.4 Å². The summed E-state index contributed by atoms with van der Waals surface area (Å²) in [6, 6.07) is 0. The molecule has 0 spiro atoms. The first kappa shape index (κ1) is 7.88. The van der Waals surface area contributed by atoms with E-state index < -0.39 is 0 Å². The fraction of sp³-hybridized carbons (Fsp3) is 1.00. The van der Waals surface area contributed by atoms with Crippen LogP contribution in [0.25, 0.3) is 0 Å². The maximum absolute atomic E-state index is 5.58. The molecular formula is C5H14N2O. The van der Waals surface area contributed by atoms with E-state index in [1.165, 1.54) is 0 Å². The zero-order chi connectivity index (χ0) is 6.62. The summed E-state index contributed by atoms with van der Waals surface area (Å²) in [5, 5.41) is 0. The van der Waals surface area contributed by atoms with Crippen molar-refractivity contribution in [2.75, 3.05) is 13.7 Å². The molecule has 0 radical (unpaired) electrons. The highest BCUT2D eigenvalue weighted by atomic mass is 16.6. The summed E-state index contributed by atoms with van der Waals surface area (Å²) in [5.74, 6) is 0. The van der Waals surface area contributed by atoms with Crippen LogP contribution in [0.15, 0.2) is 0 Å². The van der Waals surface area contributed by atoms with Gasteiger partial charge in [0.25, 0.3) is 0 Å². The van der Waals surface area contributed by atoms with Crippen LogP contribution in [0.4, 0.5) is 0 Å². The lowest BCUT2D eigenvalue weighted by Crippen LogP contribution is -2.42. The largest absolute Gasteiger partial charge is 0.324 e. The lowest BCUT2D eigenvalue weighted by molar-refractivity contribution is 0.0790. The van der Waals surface area contributed by atoms with Crippen molar-refractivity contribution in [1.29, 1.82) is 0 Å². The van der Waals surface area contributed by atoms with Crippen LogP contribution in [0.3, 0.4) is 0 Å². The van der Waals surface area contributed by atoms with Crippen LogP contribution in [0.5, 0.6) is 0 Å². The summed E-state index contributed by atoms with van der Waals surface area (Å²) < 4.78 is 0. The maximum atomic E-state index is 5.58. The third kappa shape index (κ3) is 5.88. The van der Waals surface area contributed by atoms with E-state index in [9.17, 15) is 0 Å². The Morgan fingerprint density at radius 2 is 2.12 bits per heavy atom. The molecule has 0 unspecified atom stereocenters. The Bertz CT molecular complexity index is 57.9. The molecule has 3 N–H and O–H groups in total. The molecule has 0 aliphatic carbocycles. The van der Waals surface area contributed by atoms with E-state index in [2.05, 4.69) is 10.3 Å². The zero-order valence-corrected chi connectivity index (χ0v) is 5.69. The quantitative estimate of drug-likeness (QED) is 0.508. The van der Waals surface area contributed by atoms with Crippen molar-refractivity contribution in [2.24, 2.45) is 5.73 Å². The van der Waals surface area contributed by atoms with Gasteiger partial charge in [-0.3, -0.25) is 0 Å². The van der Waals surface area contributed by atoms with Gasteiger partial charge < -0.3 is 10.6 Å². The third-order valence-corrected chi connectivity index (χ3v) is 0.672. The number of nitrogens with two attached hydrogens (primary N) is 1. The fourth-order valence-electron chi connectivity index (χ4n) is 0.258. The molecule has 0 heterocycles. The minimum Gasteiger partial charge on any atom is -0.324 e. The standard InChI is InChI=1S/C5H14N2O/c1-5(2,6)4-7-8-3/h7H,4,6H2,1-3H3. The number of hydrogen-bond donors (Lipinski definition) is 2. The Kier molecular flexibility index (Phi) is 2.97. The van der Waals surface area contributed by atoms with Gasteiger partial charge in [0, 0.05) is 12.1 Å². The SMILES string of the molecule is CONCC(C)(C)N. The first-order valence-corrected chi connectivity index (χ1v) is 2.61. The fourth-order valence-corrected chi connectivity index (χ4v) is 0.258. The van der Waals surface area contributed by atoms with E-state index in [-0.39, 0.29) is 5.54 Å². The first-order valence-electron chi connectivity index (χ1n) is 2.61. The Labute approximate surface area is 50.2 Å². The van der Waals surface area contributed by atoms with Crippen molar-refractivity contribution in [3.63, 3.8) is 0 Å². The van der Waals surface area contributed by atoms with E-state index in [1.54, 1.807) is 7.11 Å². The van der Waals surface area contributed by atoms with Crippen LogP contribution in [-0.2, 0) is 4.84 Å². The lowest BCUT2D eigenvalue weighted by atomic mass is 10.1. The van der Waals surface area contributed by atoms with Gasteiger partial charge in [0.2, 0.25) is 0 Å². The number of hydrogen-bond acceptors (Lipinski definition) is 3. The van der Waals surface area contributed by atoms with Gasteiger partial charge in [-0.2, -0.15) is 0 Å². The summed E-state index contributed by atoms with van der Waals surface area (Å²) in [7, 11) is 1.58. The molecule has 0 saturated carbocycles. The molecule has 0 amide bonds. The average Bonchev–Trinajstić information content (AvgIpc) is 1.59. The van der Waals surface area contributed by atoms with Crippen LogP contribution < -0.4 is 11.2 Å². The molecule has 0 aromatic carbocycles. The first-order chi connectivity index (χ1) is 3.56. The topological polar surface area (TPSA) is 47.3 Å². The van der Waals surface area contributed by atoms with Gasteiger partial charge in [0.1, 0.15) is 0 Å². The second-order valence-electron chi connectivity index (χ2n) is 2.51. The summed E-state index contributed by atoms with van der Waals surface area (Å²) >= 11 is 0.